The van der Waals surface area contributed by atoms with Crippen LogP contribution in [-0.4, -0.2) is 130 Å². The summed E-state index contributed by atoms with van der Waals surface area (Å²) in [5.41, 5.74) is -0.253. The third kappa shape index (κ3) is 9.56. The van der Waals surface area contributed by atoms with E-state index in [0.29, 0.717) is 29.9 Å². The van der Waals surface area contributed by atoms with Gasteiger partial charge in [0, 0.05) is 97.9 Å². The number of aliphatic hydroxyl groups is 2. The van der Waals surface area contributed by atoms with E-state index in [-0.39, 0.29) is 63.7 Å². The number of phenols is 1. The number of ketones is 2. The fraction of sp³-hybridized carbons (Fsp3) is 0.596. The van der Waals surface area contributed by atoms with Crippen molar-refractivity contribution in [3.05, 3.63) is 69.8 Å². The first-order chi connectivity index (χ1) is 30.2. The third-order valence-corrected chi connectivity index (χ3v) is 13.7. The van der Waals surface area contributed by atoms with Crippen molar-refractivity contribution >= 4 is 51.7 Å². The van der Waals surface area contributed by atoms with Crippen LogP contribution < -0.4 is 15.4 Å². The summed E-state index contributed by atoms with van der Waals surface area (Å²) in [5.74, 6) is -7.40. The molecule has 5 aliphatic heterocycles. The van der Waals surface area contributed by atoms with Crippen LogP contribution in [0.3, 0.4) is 0 Å². The molecule has 16 nitrogen and oxygen atoms in total. The molecule has 1 aromatic rings. The summed E-state index contributed by atoms with van der Waals surface area (Å²) in [7, 11) is 2.93. The minimum atomic E-state index is -1.99. The van der Waals surface area contributed by atoms with E-state index >= 15 is 0 Å². The number of rotatable bonds is 7. The van der Waals surface area contributed by atoms with Crippen molar-refractivity contribution in [2.24, 2.45) is 28.7 Å². The average molecular weight is 1000 g/mol. The molecule has 1 saturated heterocycles. The van der Waals surface area contributed by atoms with E-state index in [9.17, 15) is 34.5 Å². The van der Waals surface area contributed by atoms with E-state index in [1.165, 1.54) is 34.3 Å². The molecule has 5 heterocycles. The zero-order chi connectivity index (χ0) is 47.0. The summed E-state index contributed by atoms with van der Waals surface area (Å²) in [4.78, 5) is 64.1. The number of phenolic OH excluding ortho intramolecular Hbond substituents is 1. The largest absolute Gasteiger partial charge is 0.507 e. The van der Waals surface area contributed by atoms with Gasteiger partial charge in [0.1, 0.15) is 29.0 Å². The summed E-state index contributed by atoms with van der Waals surface area (Å²) in [6.07, 6.45) is 4.86. The van der Waals surface area contributed by atoms with Crippen molar-refractivity contribution in [1.82, 2.24) is 15.5 Å². The Bertz CT molecular complexity index is 2170. The maximum atomic E-state index is 14.8. The molecule has 10 atom stereocenters. The monoisotopic (exact) mass is 1000 g/mol. The van der Waals surface area contributed by atoms with Crippen LogP contribution in [-0.2, 0) is 28.5 Å². The summed E-state index contributed by atoms with van der Waals surface area (Å²) in [5, 5.41) is 41.3. The number of fused-ring (bicyclic) bond motifs is 13. The van der Waals surface area contributed by atoms with Gasteiger partial charge in [0.05, 0.1) is 60.1 Å². The van der Waals surface area contributed by atoms with Crippen molar-refractivity contribution in [3.63, 3.8) is 0 Å². The number of likely N-dealkylation sites (tertiary alicyclic amines) is 1. The molecule has 0 saturated carbocycles. The lowest BCUT2D eigenvalue weighted by atomic mass is 9.78. The van der Waals surface area contributed by atoms with Crippen molar-refractivity contribution in [2.45, 2.75) is 114 Å². The Morgan fingerprint density at radius 2 is 1.69 bits per heavy atom. The summed E-state index contributed by atoms with van der Waals surface area (Å²) >= 11 is 2.40. The molecule has 1 amide bonds. The van der Waals surface area contributed by atoms with E-state index in [1.54, 1.807) is 58.9 Å². The normalized spacial score (nSPS) is 33.2. The predicted octanol–water partition coefficient (Wildman–Crippen LogP) is 4.80. The van der Waals surface area contributed by atoms with Crippen LogP contribution in [0.1, 0.15) is 99.6 Å². The van der Waals surface area contributed by atoms with Crippen LogP contribution >= 0.6 is 22.6 Å². The number of nitrogens with one attached hydrogen (secondary N) is 2. The quantitative estimate of drug-likeness (QED) is 0.141. The van der Waals surface area contributed by atoms with Gasteiger partial charge in [-0.15, -0.1) is 0 Å². The summed E-state index contributed by atoms with van der Waals surface area (Å²) in [6.45, 7) is 16.1. The zero-order valence-corrected chi connectivity index (χ0v) is 40.5. The Balaban J connectivity index is 1.47. The highest BCUT2D eigenvalue weighted by atomic mass is 127. The summed E-state index contributed by atoms with van der Waals surface area (Å²) in [6, 6.07) is 0. The maximum Gasteiger partial charge on any atom is 0.312 e. The number of carbonyl (C=O) groups excluding carboxylic acids is 4. The first-order valence-corrected chi connectivity index (χ1v) is 23.2. The lowest BCUT2D eigenvalue weighted by molar-refractivity contribution is -0.164. The smallest absolute Gasteiger partial charge is 0.312 e. The van der Waals surface area contributed by atoms with Gasteiger partial charge in [-0.25, -0.2) is 0 Å². The molecule has 1 aromatic carbocycles. The molecule has 7 rings (SSSR count). The van der Waals surface area contributed by atoms with E-state index in [4.69, 9.17) is 28.7 Å². The molecule has 64 heavy (non-hydrogen) atoms. The number of alkyl halides is 1. The Kier molecular flexibility index (Phi) is 15.2. The van der Waals surface area contributed by atoms with Gasteiger partial charge in [0.25, 0.3) is 11.7 Å². The van der Waals surface area contributed by atoms with Gasteiger partial charge in [-0.3, -0.25) is 24.2 Å². The van der Waals surface area contributed by atoms with Gasteiger partial charge >= 0.3 is 11.8 Å². The summed E-state index contributed by atoms with van der Waals surface area (Å²) < 4.78 is 29.8. The number of aromatic hydroxyl groups is 1. The van der Waals surface area contributed by atoms with Crippen LogP contribution in [0.2, 0.25) is 0 Å². The van der Waals surface area contributed by atoms with Crippen molar-refractivity contribution in [3.8, 4) is 11.5 Å². The number of methoxy groups -OCH3 is 2. The van der Waals surface area contributed by atoms with Gasteiger partial charge in [0.2, 0.25) is 5.78 Å². The van der Waals surface area contributed by atoms with Crippen molar-refractivity contribution in [2.75, 3.05) is 40.5 Å². The van der Waals surface area contributed by atoms with E-state index in [2.05, 4.69) is 45.0 Å². The standard InChI is InChI=1S/C47H63IN4O12/c1-23-12-11-13-24(2)45(59)49-37-36-35(50-47(51-36)16-18-52(19-17-47)22-25(3)48)32-33(41(37)57)40(56)29(7)43-34(32)44(58)46(8,64-43)62-21-14-30(61-10)26(4)42(63-31(53)15-20-60-9)28(6)39(55)27(5)38(23)54/h11-14,21,23,25-28,30,38-39,42,51,54-56H,15-20,22H2,1-10H3,(H,49,59)/b12-11+,21-14+,24-13-/t23-,25?,26+,27+,28+,30-,38-,39+,42+,46-/m0/s1. The molecule has 350 valence electrons. The number of ether oxygens (including phenoxy) is 5. The molecule has 1 aliphatic carbocycles. The molecular weight excluding hydrogens is 939 g/mol. The molecule has 1 spiro atoms. The number of piperidine rings is 1. The number of esters is 1. The average Bonchev–Trinajstić information content (AvgIpc) is 3.76. The van der Waals surface area contributed by atoms with Gasteiger partial charge in [-0.05, 0) is 19.9 Å². The Morgan fingerprint density at radius 3 is 2.33 bits per heavy atom. The number of hydrogen-bond acceptors (Lipinski definition) is 15. The number of allylic oxidation sites excluding steroid dienone is 4. The van der Waals surface area contributed by atoms with E-state index < -0.39 is 88.7 Å². The Morgan fingerprint density at radius 1 is 1.00 bits per heavy atom. The van der Waals surface area contributed by atoms with Gasteiger partial charge in [-0.2, -0.15) is 0 Å². The molecule has 0 aromatic heterocycles. The van der Waals surface area contributed by atoms with Crippen molar-refractivity contribution in [1.29, 1.82) is 0 Å². The topological polar surface area (TPSA) is 215 Å². The highest BCUT2D eigenvalue weighted by Gasteiger charge is 2.54. The zero-order valence-electron chi connectivity index (χ0n) is 38.3. The lowest BCUT2D eigenvalue weighted by Gasteiger charge is -2.38. The minimum Gasteiger partial charge on any atom is -0.507 e. The van der Waals surface area contributed by atoms with Gasteiger partial charge in [0.15, 0.2) is 0 Å². The number of benzene rings is 1. The molecule has 1 unspecified atom stereocenters. The van der Waals surface area contributed by atoms with Gasteiger partial charge in [-0.1, -0.05) is 75.4 Å². The molecular formula is C47H63IN4O12. The maximum absolute atomic E-state index is 14.8. The molecule has 5 N–H and O–H groups in total. The fourth-order valence-electron chi connectivity index (χ4n) is 9.32. The second-order valence-corrected chi connectivity index (χ2v) is 20.2. The van der Waals surface area contributed by atoms with Crippen LogP contribution in [0.4, 0.5) is 0 Å². The third-order valence-electron chi connectivity index (χ3n) is 13.3. The molecule has 5 bridgehead atoms. The van der Waals surface area contributed by atoms with Crippen molar-refractivity contribution < 1.29 is 58.2 Å². The van der Waals surface area contributed by atoms with Crippen LogP contribution in [0.15, 0.2) is 52.5 Å². The minimum absolute atomic E-state index is 0.00908. The van der Waals surface area contributed by atoms with Crippen LogP contribution in [0.5, 0.6) is 11.5 Å². The van der Waals surface area contributed by atoms with E-state index in [0.717, 1.165) is 6.54 Å². The first-order valence-electron chi connectivity index (χ1n) is 21.9. The second kappa shape index (κ2) is 19.8. The number of halogens is 1. The molecule has 0 radical (unpaired) electrons. The second-order valence-electron chi connectivity index (χ2n) is 18.0. The molecule has 1 fully saturated rings. The van der Waals surface area contributed by atoms with E-state index in [1.807, 2.05) is 0 Å². The fourth-order valence-corrected chi connectivity index (χ4v) is 9.87. The number of amides is 1. The highest BCUT2D eigenvalue weighted by Crippen LogP contribution is 2.50. The molecule has 17 heteroatoms. The number of hydrogen-bond donors (Lipinski definition) is 5. The lowest BCUT2D eigenvalue weighted by Crippen LogP contribution is -2.51. The number of nitrogens with zero attached hydrogens (tertiary/aromatic N) is 2. The number of Topliss-reactive ketones (excluding diaryl/α,β-unsaturated/α-hetero) is 2. The Labute approximate surface area is 388 Å². The van der Waals surface area contributed by atoms with Crippen LogP contribution in [0.25, 0.3) is 0 Å². The van der Waals surface area contributed by atoms with Gasteiger partial charge < -0.3 is 54.5 Å². The first kappa shape index (κ1) is 49.3. The SMILES string of the molecule is COCCC(=O)O[C@H]1[C@H](C)[C@H](O)[C@H](C)[C@@H](O)[C@@H](C)/C=C/C=C(/C)C(=O)NC2=C3NC4(CCN(CC(C)I)CC4)N=C3c3c(c(O)c(C)c4c3C(=O)[C@@](C)(O/C=C/[C@H](OC)[C@H]1C)O4)C2=O. The highest BCUT2D eigenvalue weighted by molar-refractivity contribution is 14.1. The number of aliphatic hydroxyl groups excluding tert-OH is 2. The Hall–Kier alpha value is -4.14. The number of aliphatic imine (C=N–C) groups is 1. The van der Waals surface area contributed by atoms with Crippen LogP contribution in [0, 0.1) is 30.6 Å². The number of carbonyl (C=O) groups is 4. The molecule has 6 aliphatic rings. The predicted molar refractivity (Wildman–Crippen MR) is 246 cm³/mol.